The fraction of sp³-hybridized carbons (Fsp3) is 0.515. The Labute approximate surface area is 288 Å². The maximum Gasteiger partial charge on any atom is 0.269 e. The first-order chi connectivity index (χ1) is 24.4. The molecule has 17 nitrogen and oxygen atoms in total. The van der Waals surface area contributed by atoms with Crippen molar-refractivity contribution < 1.29 is 57.3 Å². The molecule has 0 radical (unpaired) electrons. The van der Waals surface area contributed by atoms with E-state index in [1.165, 1.54) is 12.1 Å². The number of nitrogens with zero attached hydrogens (tertiary/aromatic N) is 2. The van der Waals surface area contributed by atoms with Crippen molar-refractivity contribution in [2.75, 3.05) is 97.8 Å². The standard InChI is InChI=1S/C33H42N4O13/c38-29-9-8-28(31(39)35-29)36-32(40)26-2-1-3-27(30(26)33(36)41)34-10-11-44-12-13-45-14-15-46-16-17-47-18-19-48-20-21-49-22-23-50-25-6-4-24(5-7-25)37(42)43/h1-7,28,34H,8-23H2,(H,35,38,39). The van der Waals surface area contributed by atoms with Crippen molar-refractivity contribution in [2.45, 2.75) is 18.9 Å². The summed E-state index contributed by atoms with van der Waals surface area (Å²) >= 11 is 0. The van der Waals surface area contributed by atoms with Gasteiger partial charge in [-0.2, -0.15) is 0 Å². The van der Waals surface area contributed by atoms with Crippen molar-refractivity contribution in [1.82, 2.24) is 10.2 Å². The molecule has 17 heteroatoms. The second-order valence-corrected chi connectivity index (χ2v) is 10.9. The molecule has 2 N–H and O–H groups in total. The SMILES string of the molecule is O=C1CCC(N2C(=O)c3cccc(NCCOCCOCCOCCOCCOCCOCCOc4ccc([N+](=O)[O-])cc4)c3C2=O)C(=O)N1. The van der Waals surface area contributed by atoms with Crippen molar-refractivity contribution in [3.63, 3.8) is 0 Å². The summed E-state index contributed by atoms with van der Waals surface area (Å²) in [4.78, 5) is 61.0. The van der Waals surface area contributed by atoms with Crippen molar-refractivity contribution in [1.29, 1.82) is 0 Å². The van der Waals surface area contributed by atoms with Gasteiger partial charge in [0, 0.05) is 30.8 Å². The second-order valence-electron chi connectivity index (χ2n) is 10.9. The van der Waals surface area contributed by atoms with Gasteiger partial charge in [-0.3, -0.25) is 39.5 Å². The van der Waals surface area contributed by atoms with Crippen LogP contribution < -0.4 is 15.4 Å². The largest absolute Gasteiger partial charge is 0.491 e. The Hall–Kier alpha value is -4.52. The molecule has 4 rings (SSSR count). The third-order valence-corrected chi connectivity index (χ3v) is 7.43. The molecule has 1 fully saturated rings. The van der Waals surface area contributed by atoms with E-state index in [1.54, 1.807) is 30.3 Å². The van der Waals surface area contributed by atoms with Crippen molar-refractivity contribution in [3.8, 4) is 5.75 Å². The van der Waals surface area contributed by atoms with Gasteiger partial charge >= 0.3 is 0 Å². The van der Waals surface area contributed by atoms with E-state index in [0.29, 0.717) is 104 Å². The molecule has 1 unspecified atom stereocenters. The number of fused-ring (bicyclic) bond motifs is 1. The molecule has 0 spiro atoms. The minimum absolute atomic E-state index is 0.0105. The number of imide groups is 2. The van der Waals surface area contributed by atoms with Gasteiger partial charge in [0.2, 0.25) is 11.8 Å². The molecule has 0 bridgehead atoms. The lowest BCUT2D eigenvalue weighted by molar-refractivity contribution is -0.384. The fourth-order valence-electron chi connectivity index (χ4n) is 5.00. The van der Waals surface area contributed by atoms with Crippen LogP contribution in [0.5, 0.6) is 5.75 Å². The molecule has 2 aliphatic heterocycles. The number of hydrogen-bond acceptors (Lipinski definition) is 14. The van der Waals surface area contributed by atoms with Crippen LogP contribution in [-0.4, -0.2) is 132 Å². The molecule has 1 saturated heterocycles. The zero-order valence-electron chi connectivity index (χ0n) is 27.6. The smallest absolute Gasteiger partial charge is 0.269 e. The summed E-state index contributed by atoms with van der Waals surface area (Å²) in [7, 11) is 0. The number of piperidine rings is 1. The summed E-state index contributed by atoms with van der Waals surface area (Å²) in [6.07, 6.45) is 0.158. The summed E-state index contributed by atoms with van der Waals surface area (Å²) in [5.74, 6) is -1.66. The Morgan fingerprint density at radius 1 is 0.720 bits per heavy atom. The van der Waals surface area contributed by atoms with Gasteiger partial charge in [-0.25, -0.2) is 0 Å². The number of anilines is 1. The lowest BCUT2D eigenvalue weighted by atomic mass is 10.0. The number of ether oxygens (including phenoxy) is 7. The number of nitrogens with one attached hydrogen (secondary N) is 2. The maximum absolute atomic E-state index is 13.1. The minimum atomic E-state index is -1.02. The molecule has 0 saturated carbocycles. The van der Waals surface area contributed by atoms with Crippen LogP contribution in [-0.2, 0) is 38.0 Å². The van der Waals surface area contributed by atoms with Gasteiger partial charge in [-0.1, -0.05) is 6.07 Å². The predicted molar refractivity (Wildman–Crippen MR) is 175 cm³/mol. The number of carbonyl (C=O) groups is 4. The second kappa shape index (κ2) is 20.9. The van der Waals surface area contributed by atoms with Gasteiger partial charge in [0.15, 0.2) is 0 Å². The molecule has 2 aromatic rings. The molecule has 272 valence electrons. The van der Waals surface area contributed by atoms with Crippen LogP contribution >= 0.6 is 0 Å². The van der Waals surface area contributed by atoms with Crippen LogP contribution in [0.3, 0.4) is 0 Å². The first-order valence-corrected chi connectivity index (χ1v) is 16.3. The molecular weight excluding hydrogens is 660 g/mol. The molecule has 0 aliphatic carbocycles. The fourth-order valence-corrected chi connectivity index (χ4v) is 5.00. The molecule has 2 aromatic carbocycles. The van der Waals surface area contributed by atoms with E-state index in [-0.39, 0.29) is 29.7 Å². The van der Waals surface area contributed by atoms with Gasteiger partial charge < -0.3 is 38.5 Å². The molecule has 2 heterocycles. The molecule has 4 amide bonds. The first kappa shape index (κ1) is 38.3. The van der Waals surface area contributed by atoms with E-state index in [2.05, 4.69) is 10.6 Å². The minimum Gasteiger partial charge on any atom is -0.491 e. The lowest BCUT2D eigenvalue weighted by Gasteiger charge is -2.27. The van der Waals surface area contributed by atoms with Crippen LogP contribution in [0.2, 0.25) is 0 Å². The van der Waals surface area contributed by atoms with E-state index in [9.17, 15) is 29.3 Å². The van der Waals surface area contributed by atoms with E-state index >= 15 is 0 Å². The number of non-ortho nitro benzene ring substituents is 1. The number of benzene rings is 2. The van der Waals surface area contributed by atoms with Crippen molar-refractivity contribution in [2.24, 2.45) is 0 Å². The van der Waals surface area contributed by atoms with E-state index in [1.807, 2.05) is 0 Å². The quantitative estimate of drug-likeness (QED) is 0.0653. The highest BCUT2D eigenvalue weighted by Crippen LogP contribution is 2.32. The number of nitro groups is 1. The number of rotatable bonds is 25. The Bertz CT molecular complexity index is 1440. The summed E-state index contributed by atoms with van der Waals surface area (Å²) in [5.41, 5.74) is 0.894. The van der Waals surface area contributed by atoms with Crippen LogP contribution in [0.15, 0.2) is 42.5 Å². The number of amides is 4. The number of nitro benzene ring substituents is 1. The van der Waals surface area contributed by atoms with Gasteiger partial charge in [0.1, 0.15) is 18.4 Å². The summed E-state index contributed by atoms with van der Waals surface area (Å²) in [6.45, 7) is 5.47. The Kier molecular flexibility index (Phi) is 16.0. The average Bonchev–Trinajstić information content (AvgIpc) is 3.36. The van der Waals surface area contributed by atoms with E-state index in [0.717, 1.165) is 4.90 Å². The van der Waals surface area contributed by atoms with Crippen LogP contribution in [0.1, 0.15) is 33.6 Å². The maximum atomic E-state index is 13.1. The summed E-state index contributed by atoms with van der Waals surface area (Å²) in [5, 5.41) is 16.0. The molecule has 2 aliphatic rings. The summed E-state index contributed by atoms with van der Waals surface area (Å²) in [6, 6.07) is 9.73. The predicted octanol–water partition coefficient (Wildman–Crippen LogP) is 1.59. The zero-order valence-corrected chi connectivity index (χ0v) is 27.6. The topological polar surface area (TPSA) is 203 Å². The van der Waals surface area contributed by atoms with Gasteiger partial charge in [-0.05, 0) is 30.7 Å². The zero-order chi connectivity index (χ0) is 35.6. The highest BCUT2D eigenvalue weighted by atomic mass is 16.6. The van der Waals surface area contributed by atoms with E-state index < -0.39 is 34.6 Å². The Morgan fingerprint density at radius 3 is 1.80 bits per heavy atom. The summed E-state index contributed by atoms with van der Waals surface area (Å²) < 4.78 is 38.3. The average molecular weight is 703 g/mol. The Morgan fingerprint density at radius 2 is 1.26 bits per heavy atom. The van der Waals surface area contributed by atoms with Crippen LogP contribution in [0, 0.1) is 10.1 Å². The lowest BCUT2D eigenvalue weighted by Crippen LogP contribution is -2.54. The van der Waals surface area contributed by atoms with Crippen molar-refractivity contribution in [3.05, 3.63) is 63.7 Å². The molecular formula is C33H42N4O13. The number of hydrogen-bond donors (Lipinski definition) is 2. The van der Waals surface area contributed by atoms with Crippen LogP contribution in [0.25, 0.3) is 0 Å². The van der Waals surface area contributed by atoms with Crippen LogP contribution in [0.4, 0.5) is 11.4 Å². The van der Waals surface area contributed by atoms with Crippen molar-refractivity contribution >= 4 is 35.0 Å². The van der Waals surface area contributed by atoms with Gasteiger partial charge in [0.25, 0.3) is 17.5 Å². The number of carbonyl (C=O) groups excluding carboxylic acids is 4. The Balaban J connectivity index is 0.912. The highest BCUT2D eigenvalue weighted by molar-refractivity contribution is 6.25. The monoisotopic (exact) mass is 702 g/mol. The third-order valence-electron chi connectivity index (χ3n) is 7.43. The van der Waals surface area contributed by atoms with Gasteiger partial charge in [0.05, 0.1) is 95.3 Å². The highest BCUT2D eigenvalue weighted by Gasteiger charge is 2.45. The molecule has 1 atom stereocenters. The normalized spacial score (nSPS) is 15.7. The molecule has 0 aromatic heterocycles. The third kappa shape index (κ3) is 11.8. The van der Waals surface area contributed by atoms with E-state index in [4.69, 9.17) is 33.2 Å². The first-order valence-electron chi connectivity index (χ1n) is 16.3. The van der Waals surface area contributed by atoms with Gasteiger partial charge in [-0.15, -0.1) is 0 Å². The molecule has 50 heavy (non-hydrogen) atoms.